The Labute approximate surface area is 103 Å². The van der Waals surface area contributed by atoms with Crippen molar-refractivity contribution in [3.05, 3.63) is 30.1 Å². The van der Waals surface area contributed by atoms with E-state index in [0.29, 0.717) is 6.04 Å². The molecule has 0 amide bonds. The Kier molecular flexibility index (Phi) is 4.91. The Morgan fingerprint density at radius 2 is 2.06 bits per heavy atom. The molecule has 0 saturated carbocycles. The van der Waals surface area contributed by atoms with Gasteiger partial charge in [-0.2, -0.15) is 0 Å². The second kappa shape index (κ2) is 6.69. The molecule has 1 fully saturated rings. The minimum Gasteiger partial charge on any atom is -0.379 e. The summed E-state index contributed by atoms with van der Waals surface area (Å²) in [6.45, 7) is 8.17. The van der Waals surface area contributed by atoms with Crippen LogP contribution < -0.4 is 5.32 Å². The van der Waals surface area contributed by atoms with Gasteiger partial charge in [0.05, 0.1) is 13.2 Å². The first-order valence-electron chi connectivity index (χ1n) is 6.29. The first-order valence-corrected chi connectivity index (χ1v) is 6.29. The molecule has 1 aliphatic heterocycles. The van der Waals surface area contributed by atoms with Crippen molar-refractivity contribution >= 4 is 0 Å². The first kappa shape index (κ1) is 12.5. The van der Waals surface area contributed by atoms with Gasteiger partial charge in [-0.3, -0.25) is 9.88 Å². The van der Waals surface area contributed by atoms with Gasteiger partial charge in [-0.15, -0.1) is 0 Å². The van der Waals surface area contributed by atoms with Gasteiger partial charge in [-0.05, 0) is 24.6 Å². The van der Waals surface area contributed by atoms with Crippen LogP contribution >= 0.6 is 0 Å². The topological polar surface area (TPSA) is 37.4 Å². The maximum atomic E-state index is 5.33. The molecule has 1 atom stereocenters. The number of hydrogen-bond donors (Lipinski definition) is 1. The molecule has 94 valence electrons. The van der Waals surface area contributed by atoms with E-state index in [-0.39, 0.29) is 0 Å². The van der Waals surface area contributed by atoms with E-state index in [1.54, 1.807) is 0 Å². The summed E-state index contributed by atoms with van der Waals surface area (Å²) in [5, 5.41) is 3.54. The highest BCUT2D eigenvalue weighted by atomic mass is 16.5. The van der Waals surface area contributed by atoms with E-state index in [1.807, 2.05) is 12.4 Å². The number of hydrogen-bond acceptors (Lipinski definition) is 4. The summed E-state index contributed by atoms with van der Waals surface area (Å²) in [5.74, 6) is 0. The number of morpholine rings is 1. The van der Waals surface area contributed by atoms with Crippen molar-refractivity contribution in [2.45, 2.75) is 13.0 Å². The fourth-order valence-electron chi connectivity index (χ4n) is 2.03. The lowest BCUT2D eigenvalue weighted by molar-refractivity contribution is 0.0382. The van der Waals surface area contributed by atoms with Gasteiger partial charge >= 0.3 is 0 Å². The van der Waals surface area contributed by atoms with Crippen molar-refractivity contribution in [3.8, 4) is 0 Å². The second-order valence-electron chi connectivity index (χ2n) is 4.41. The predicted molar refractivity (Wildman–Crippen MR) is 67.9 cm³/mol. The van der Waals surface area contributed by atoms with E-state index in [1.165, 1.54) is 5.56 Å². The van der Waals surface area contributed by atoms with Crippen LogP contribution in [0.3, 0.4) is 0 Å². The monoisotopic (exact) mass is 235 g/mol. The molecule has 4 nitrogen and oxygen atoms in total. The van der Waals surface area contributed by atoms with Gasteiger partial charge in [0.1, 0.15) is 0 Å². The van der Waals surface area contributed by atoms with Crippen LogP contribution in [0.2, 0.25) is 0 Å². The Morgan fingerprint density at radius 3 is 2.76 bits per heavy atom. The fourth-order valence-corrected chi connectivity index (χ4v) is 2.03. The van der Waals surface area contributed by atoms with Crippen molar-refractivity contribution in [1.29, 1.82) is 0 Å². The molecule has 0 radical (unpaired) electrons. The number of rotatable bonds is 5. The van der Waals surface area contributed by atoms with Crippen molar-refractivity contribution in [1.82, 2.24) is 15.2 Å². The van der Waals surface area contributed by atoms with Crippen LogP contribution in [0, 0.1) is 0 Å². The standard InChI is InChI=1S/C13H21N3O/c1-12(13-2-4-14-5-3-13)15-6-7-16-8-10-17-11-9-16/h2-5,12,15H,6-11H2,1H3/t12-/m0/s1. The summed E-state index contributed by atoms with van der Waals surface area (Å²) in [7, 11) is 0. The van der Waals surface area contributed by atoms with E-state index in [0.717, 1.165) is 39.4 Å². The van der Waals surface area contributed by atoms with Gasteiger partial charge in [0.25, 0.3) is 0 Å². The molecule has 1 aromatic rings. The van der Waals surface area contributed by atoms with E-state index >= 15 is 0 Å². The van der Waals surface area contributed by atoms with Gasteiger partial charge in [0.15, 0.2) is 0 Å². The van der Waals surface area contributed by atoms with Gasteiger partial charge in [-0.25, -0.2) is 0 Å². The van der Waals surface area contributed by atoms with Crippen molar-refractivity contribution in [2.75, 3.05) is 39.4 Å². The van der Waals surface area contributed by atoms with E-state index < -0.39 is 0 Å². The summed E-state index contributed by atoms with van der Waals surface area (Å²) in [5.41, 5.74) is 1.29. The molecule has 0 spiro atoms. The number of pyridine rings is 1. The third-order valence-corrected chi connectivity index (χ3v) is 3.19. The van der Waals surface area contributed by atoms with Crippen molar-refractivity contribution in [2.24, 2.45) is 0 Å². The molecule has 0 unspecified atom stereocenters. The van der Waals surface area contributed by atoms with E-state index in [4.69, 9.17) is 4.74 Å². The third-order valence-electron chi connectivity index (χ3n) is 3.19. The molecule has 1 aliphatic rings. The van der Waals surface area contributed by atoms with Crippen LogP contribution in [0.5, 0.6) is 0 Å². The first-order chi connectivity index (χ1) is 8.36. The van der Waals surface area contributed by atoms with Gasteiger partial charge < -0.3 is 10.1 Å². The average molecular weight is 235 g/mol. The van der Waals surface area contributed by atoms with Crippen LogP contribution in [-0.2, 0) is 4.74 Å². The summed E-state index contributed by atoms with van der Waals surface area (Å²) in [4.78, 5) is 6.47. The third kappa shape index (κ3) is 4.07. The van der Waals surface area contributed by atoms with Crippen molar-refractivity contribution < 1.29 is 4.74 Å². The molecule has 1 saturated heterocycles. The summed E-state index contributed by atoms with van der Waals surface area (Å²) in [6.07, 6.45) is 3.69. The minimum atomic E-state index is 0.388. The predicted octanol–water partition coefficient (Wildman–Crippen LogP) is 1.06. The number of nitrogens with one attached hydrogen (secondary N) is 1. The summed E-state index contributed by atoms with van der Waals surface area (Å²) < 4.78 is 5.33. The molecule has 17 heavy (non-hydrogen) atoms. The largest absolute Gasteiger partial charge is 0.379 e. The highest BCUT2D eigenvalue weighted by molar-refractivity contribution is 5.13. The minimum absolute atomic E-state index is 0.388. The summed E-state index contributed by atoms with van der Waals surface area (Å²) in [6, 6.07) is 4.51. The molecule has 1 aromatic heterocycles. The van der Waals surface area contributed by atoms with Crippen LogP contribution in [0.15, 0.2) is 24.5 Å². The molecular weight excluding hydrogens is 214 g/mol. The molecule has 4 heteroatoms. The molecular formula is C13H21N3O. The Bertz CT molecular complexity index is 312. The van der Waals surface area contributed by atoms with Crippen molar-refractivity contribution in [3.63, 3.8) is 0 Å². The Balaban J connectivity index is 1.67. The smallest absolute Gasteiger partial charge is 0.0594 e. The maximum absolute atomic E-state index is 5.33. The highest BCUT2D eigenvalue weighted by Gasteiger charge is 2.10. The molecule has 1 N–H and O–H groups in total. The van der Waals surface area contributed by atoms with Gasteiger partial charge in [-0.1, -0.05) is 0 Å². The van der Waals surface area contributed by atoms with E-state index in [9.17, 15) is 0 Å². The lowest BCUT2D eigenvalue weighted by Gasteiger charge is -2.27. The van der Waals surface area contributed by atoms with Crippen LogP contribution in [0.25, 0.3) is 0 Å². The Hall–Kier alpha value is -0.970. The normalized spacial score (nSPS) is 19.1. The lowest BCUT2D eigenvalue weighted by Crippen LogP contribution is -2.40. The Morgan fingerprint density at radius 1 is 1.35 bits per heavy atom. The second-order valence-corrected chi connectivity index (χ2v) is 4.41. The van der Waals surface area contributed by atoms with E-state index in [2.05, 4.69) is 34.3 Å². The molecule has 0 bridgehead atoms. The summed E-state index contributed by atoms with van der Waals surface area (Å²) >= 11 is 0. The maximum Gasteiger partial charge on any atom is 0.0594 e. The zero-order chi connectivity index (χ0) is 11.9. The van der Waals surface area contributed by atoms with Gasteiger partial charge in [0, 0.05) is 44.6 Å². The van der Waals surface area contributed by atoms with Crippen LogP contribution in [0.1, 0.15) is 18.5 Å². The average Bonchev–Trinajstić information content (AvgIpc) is 2.41. The SMILES string of the molecule is C[C@H](NCCN1CCOCC1)c1ccncc1. The zero-order valence-corrected chi connectivity index (χ0v) is 10.4. The van der Waals surface area contributed by atoms with Crippen LogP contribution in [-0.4, -0.2) is 49.3 Å². The quantitative estimate of drug-likeness (QED) is 0.828. The molecule has 2 heterocycles. The highest BCUT2D eigenvalue weighted by Crippen LogP contribution is 2.09. The van der Waals surface area contributed by atoms with Gasteiger partial charge in [0.2, 0.25) is 0 Å². The number of nitrogens with zero attached hydrogens (tertiary/aromatic N) is 2. The fraction of sp³-hybridized carbons (Fsp3) is 0.615. The van der Waals surface area contributed by atoms with Crippen LogP contribution in [0.4, 0.5) is 0 Å². The molecule has 2 rings (SSSR count). The number of aromatic nitrogens is 1. The molecule has 0 aromatic carbocycles. The lowest BCUT2D eigenvalue weighted by atomic mass is 10.1. The number of ether oxygens (including phenoxy) is 1. The zero-order valence-electron chi connectivity index (χ0n) is 10.4. The molecule has 0 aliphatic carbocycles.